The van der Waals surface area contributed by atoms with Crippen LogP contribution in [0, 0.1) is 5.92 Å². The van der Waals surface area contributed by atoms with Crippen LogP contribution in [0.4, 0.5) is 0 Å². The molecule has 0 aliphatic carbocycles. The number of likely N-dealkylation sites (tertiary alicyclic amines) is 1. The lowest BCUT2D eigenvalue weighted by Crippen LogP contribution is -2.49. The average molecular weight is 171 g/mol. The molecule has 1 saturated heterocycles. The monoisotopic (exact) mass is 171 g/mol. The Labute approximate surface area is 75.6 Å². The largest absolute Gasteiger partial charge is 0.395 e. The maximum absolute atomic E-state index is 9.24. The molecule has 1 aliphatic heterocycles. The molecule has 0 saturated carbocycles. The van der Waals surface area contributed by atoms with Crippen molar-refractivity contribution < 1.29 is 5.11 Å². The maximum atomic E-state index is 9.24. The van der Waals surface area contributed by atoms with Gasteiger partial charge in [0.05, 0.1) is 6.61 Å². The number of nitrogens with zero attached hydrogens (tertiary/aromatic N) is 1. The second-order valence-electron chi connectivity index (χ2n) is 4.20. The lowest BCUT2D eigenvalue weighted by atomic mass is 9.90. The summed E-state index contributed by atoms with van der Waals surface area (Å²) in [6, 6.07) is 0.976. The zero-order valence-electron chi connectivity index (χ0n) is 8.45. The lowest BCUT2D eigenvalue weighted by Gasteiger charge is -2.41. The highest BCUT2D eigenvalue weighted by Crippen LogP contribution is 2.24. The van der Waals surface area contributed by atoms with Crippen molar-refractivity contribution in [3.8, 4) is 0 Å². The van der Waals surface area contributed by atoms with E-state index in [4.69, 9.17) is 0 Å². The number of piperidine rings is 1. The maximum Gasteiger partial charge on any atom is 0.0589 e. The molecule has 2 heteroatoms. The highest BCUT2D eigenvalue weighted by atomic mass is 16.3. The van der Waals surface area contributed by atoms with Gasteiger partial charge < -0.3 is 5.11 Å². The zero-order valence-corrected chi connectivity index (χ0v) is 8.45. The third-order valence-corrected chi connectivity index (χ3v) is 3.01. The molecular formula is C10H21NO. The van der Waals surface area contributed by atoms with E-state index in [2.05, 4.69) is 25.7 Å². The van der Waals surface area contributed by atoms with Crippen LogP contribution in [0.2, 0.25) is 0 Å². The van der Waals surface area contributed by atoms with Crippen molar-refractivity contribution in [2.24, 2.45) is 5.92 Å². The number of rotatable bonds is 2. The van der Waals surface area contributed by atoms with Crippen molar-refractivity contribution in [2.45, 2.75) is 45.7 Å². The van der Waals surface area contributed by atoms with Gasteiger partial charge in [-0.25, -0.2) is 0 Å². The molecule has 2 atom stereocenters. The first-order chi connectivity index (χ1) is 5.66. The molecule has 0 bridgehead atoms. The third-order valence-electron chi connectivity index (χ3n) is 3.01. The van der Waals surface area contributed by atoms with Gasteiger partial charge in [0.15, 0.2) is 0 Å². The Kier molecular flexibility index (Phi) is 3.53. The molecule has 0 aromatic rings. The van der Waals surface area contributed by atoms with Crippen molar-refractivity contribution >= 4 is 0 Å². The van der Waals surface area contributed by atoms with Crippen LogP contribution in [0.1, 0.15) is 33.6 Å². The van der Waals surface area contributed by atoms with Crippen molar-refractivity contribution in [2.75, 3.05) is 13.2 Å². The SMILES string of the molecule is CC1CCCN(C(C)C)C1CO. The summed E-state index contributed by atoms with van der Waals surface area (Å²) in [4.78, 5) is 2.42. The summed E-state index contributed by atoms with van der Waals surface area (Å²) >= 11 is 0. The predicted molar refractivity (Wildman–Crippen MR) is 51.1 cm³/mol. The molecule has 2 nitrogen and oxygen atoms in total. The summed E-state index contributed by atoms with van der Waals surface area (Å²) in [6.07, 6.45) is 2.56. The Morgan fingerprint density at radius 2 is 2.17 bits per heavy atom. The Hall–Kier alpha value is -0.0800. The lowest BCUT2D eigenvalue weighted by molar-refractivity contribution is 0.0310. The van der Waals surface area contributed by atoms with Gasteiger partial charge in [0.25, 0.3) is 0 Å². The van der Waals surface area contributed by atoms with E-state index in [1.165, 1.54) is 12.8 Å². The van der Waals surface area contributed by atoms with Crippen LogP contribution in [0.5, 0.6) is 0 Å². The fraction of sp³-hybridized carbons (Fsp3) is 1.00. The van der Waals surface area contributed by atoms with Crippen LogP contribution in [0.15, 0.2) is 0 Å². The number of hydrogen-bond donors (Lipinski definition) is 1. The smallest absolute Gasteiger partial charge is 0.0589 e. The van der Waals surface area contributed by atoms with Crippen LogP contribution in [0.3, 0.4) is 0 Å². The van der Waals surface area contributed by atoms with Crippen molar-refractivity contribution in [1.82, 2.24) is 4.90 Å². The highest BCUT2D eigenvalue weighted by Gasteiger charge is 2.28. The van der Waals surface area contributed by atoms with Crippen LogP contribution in [-0.4, -0.2) is 35.2 Å². The van der Waals surface area contributed by atoms with Gasteiger partial charge in [0.2, 0.25) is 0 Å². The Balaban J connectivity index is 2.57. The minimum atomic E-state index is 0.319. The predicted octanol–water partition coefficient (Wildman–Crippen LogP) is 1.49. The molecule has 0 aromatic carbocycles. The fourth-order valence-corrected chi connectivity index (χ4v) is 2.21. The summed E-state index contributed by atoms with van der Waals surface area (Å²) in [5.41, 5.74) is 0. The Bertz CT molecular complexity index is 136. The first-order valence-electron chi connectivity index (χ1n) is 5.03. The first kappa shape index (κ1) is 10.0. The van der Waals surface area contributed by atoms with Crippen molar-refractivity contribution in [1.29, 1.82) is 0 Å². The van der Waals surface area contributed by atoms with E-state index in [0.717, 1.165) is 6.54 Å². The van der Waals surface area contributed by atoms with Gasteiger partial charge in [-0.1, -0.05) is 6.92 Å². The summed E-state index contributed by atoms with van der Waals surface area (Å²) < 4.78 is 0. The molecule has 0 spiro atoms. The van der Waals surface area contributed by atoms with E-state index in [-0.39, 0.29) is 0 Å². The highest BCUT2D eigenvalue weighted by molar-refractivity contribution is 4.83. The number of hydrogen-bond acceptors (Lipinski definition) is 2. The topological polar surface area (TPSA) is 23.5 Å². The molecular weight excluding hydrogens is 150 g/mol. The summed E-state index contributed by atoms with van der Waals surface area (Å²) in [6.45, 7) is 8.14. The van der Waals surface area contributed by atoms with Crippen molar-refractivity contribution in [3.05, 3.63) is 0 Å². The molecule has 12 heavy (non-hydrogen) atoms. The molecule has 1 heterocycles. The minimum Gasteiger partial charge on any atom is -0.395 e. The van der Waals surface area contributed by atoms with Gasteiger partial charge in [-0.3, -0.25) is 4.90 Å². The average Bonchev–Trinajstić information content (AvgIpc) is 2.03. The van der Waals surface area contributed by atoms with E-state index in [1.807, 2.05) is 0 Å². The van der Waals surface area contributed by atoms with Gasteiger partial charge in [0, 0.05) is 12.1 Å². The number of aliphatic hydroxyl groups is 1. The Morgan fingerprint density at radius 3 is 2.58 bits per heavy atom. The summed E-state index contributed by atoms with van der Waals surface area (Å²) in [5.74, 6) is 0.658. The molecule has 1 rings (SSSR count). The quantitative estimate of drug-likeness (QED) is 0.680. The van der Waals surface area contributed by atoms with E-state index >= 15 is 0 Å². The zero-order chi connectivity index (χ0) is 9.14. The summed E-state index contributed by atoms with van der Waals surface area (Å²) in [7, 11) is 0. The second kappa shape index (κ2) is 4.24. The molecule has 0 aromatic heterocycles. The third kappa shape index (κ3) is 1.99. The van der Waals surface area contributed by atoms with Crippen LogP contribution in [-0.2, 0) is 0 Å². The normalized spacial score (nSPS) is 32.8. The fourth-order valence-electron chi connectivity index (χ4n) is 2.21. The summed E-state index contributed by atoms with van der Waals surface area (Å²) in [5, 5.41) is 9.24. The van der Waals surface area contributed by atoms with Crippen molar-refractivity contribution in [3.63, 3.8) is 0 Å². The molecule has 72 valence electrons. The van der Waals surface area contributed by atoms with Crippen LogP contribution < -0.4 is 0 Å². The standard InChI is InChI=1S/C10H21NO/c1-8(2)11-6-4-5-9(3)10(11)7-12/h8-10,12H,4-7H2,1-3H3. The van der Waals surface area contributed by atoms with E-state index < -0.39 is 0 Å². The molecule has 1 fully saturated rings. The molecule has 2 unspecified atom stereocenters. The van der Waals surface area contributed by atoms with Gasteiger partial charge >= 0.3 is 0 Å². The van der Waals surface area contributed by atoms with Gasteiger partial charge in [-0.05, 0) is 39.2 Å². The minimum absolute atomic E-state index is 0.319. The van der Waals surface area contributed by atoms with Crippen LogP contribution in [0.25, 0.3) is 0 Å². The second-order valence-corrected chi connectivity index (χ2v) is 4.20. The number of aliphatic hydroxyl groups excluding tert-OH is 1. The van der Waals surface area contributed by atoms with Gasteiger partial charge in [-0.15, -0.1) is 0 Å². The molecule has 0 radical (unpaired) electrons. The van der Waals surface area contributed by atoms with E-state index in [1.54, 1.807) is 0 Å². The van der Waals surface area contributed by atoms with Gasteiger partial charge in [0.1, 0.15) is 0 Å². The molecule has 0 amide bonds. The first-order valence-corrected chi connectivity index (χ1v) is 5.03. The van der Waals surface area contributed by atoms with E-state index in [9.17, 15) is 5.11 Å². The molecule has 1 N–H and O–H groups in total. The van der Waals surface area contributed by atoms with Crippen LogP contribution >= 0.6 is 0 Å². The Morgan fingerprint density at radius 1 is 1.50 bits per heavy atom. The van der Waals surface area contributed by atoms with Gasteiger partial charge in [-0.2, -0.15) is 0 Å². The van der Waals surface area contributed by atoms with E-state index in [0.29, 0.717) is 24.6 Å². The molecule has 1 aliphatic rings.